The summed E-state index contributed by atoms with van der Waals surface area (Å²) < 4.78 is 29.3. The summed E-state index contributed by atoms with van der Waals surface area (Å²) >= 11 is 0. The molecule has 0 aromatic carbocycles. The Morgan fingerprint density at radius 1 is 1.62 bits per heavy atom. The number of ether oxygens (including phenoxy) is 1. The smallest absolute Gasteiger partial charge is 0.343 e. The van der Waals surface area contributed by atoms with Crippen LogP contribution in [0.2, 0.25) is 0 Å². The molecule has 7 heteroatoms. The van der Waals surface area contributed by atoms with Gasteiger partial charge in [-0.05, 0) is 0 Å². The summed E-state index contributed by atoms with van der Waals surface area (Å²) in [7, 11) is 0.967. The molecule has 0 atom stereocenters. The average Bonchev–Trinajstić information content (AvgIpc) is 2.26. The summed E-state index contributed by atoms with van der Waals surface area (Å²) in [6, 6.07) is 2.27. The second kappa shape index (κ2) is 4.53. The molecule has 0 saturated carbocycles. The Bertz CT molecular complexity index is 516. The van der Waals surface area contributed by atoms with Crippen molar-refractivity contribution < 1.29 is 18.3 Å². The van der Waals surface area contributed by atoms with Gasteiger partial charge in [0.2, 0.25) is 0 Å². The quantitative estimate of drug-likeness (QED) is 0.764. The number of hydrogen-bond acceptors (Lipinski definition) is 4. The van der Waals surface area contributed by atoms with Gasteiger partial charge in [-0.15, -0.1) is 0 Å². The van der Waals surface area contributed by atoms with Gasteiger partial charge in [0.15, 0.2) is 5.43 Å². The van der Waals surface area contributed by atoms with Crippen molar-refractivity contribution in [1.29, 1.82) is 5.26 Å². The zero-order chi connectivity index (χ0) is 12.3. The first kappa shape index (κ1) is 11.8. The van der Waals surface area contributed by atoms with Crippen LogP contribution in [0, 0.1) is 11.3 Å². The Hall–Kier alpha value is -2.23. The molecule has 1 heterocycles. The van der Waals surface area contributed by atoms with Crippen molar-refractivity contribution in [3.8, 4) is 6.07 Å². The standard InChI is InChI=1S/C9H6F2N2O3/c1-16-9(15)6-5(14)2-4(3-12)13-7(6)8(10)11/h2,8H,1H3,(H,13,14). The number of H-pyrrole nitrogens is 1. The first-order valence-corrected chi connectivity index (χ1v) is 4.05. The first-order chi connectivity index (χ1) is 7.51. The highest BCUT2D eigenvalue weighted by Gasteiger charge is 2.23. The minimum Gasteiger partial charge on any atom is -0.465 e. The number of nitrogens with zero attached hydrogens (tertiary/aromatic N) is 1. The lowest BCUT2D eigenvalue weighted by Crippen LogP contribution is -2.21. The summed E-state index contributed by atoms with van der Waals surface area (Å²) in [5, 5.41) is 8.47. The number of pyridine rings is 1. The van der Waals surface area contributed by atoms with Crippen LogP contribution in [-0.4, -0.2) is 18.1 Å². The van der Waals surface area contributed by atoms with Gasteiger partial charge in [-0.3, -0.25) is 4.79 Å². The number of nitriles is 1. The van der Waals surface area contributed by atoms with Gasteiger partial charge in [-0.25, -0.2) is 13.6 Å². The lowest BCUT2D eigenvalue weighted by atomic mass is 10.1. The molecule has 0 aliphatic heterocycles. The zero-order valence-corrected chi connectivity index (χ0v) is 8.08. The lowest BCUT2D eigenvalue weighted by molar-refractivity contribution is 0.0585. The van der Waals surface area contributed by atoms with E-state index in [1.54, 1.807) is 0 Å². The monoisotopic (exact) mass is 228 g/mol. The minimum atomic E-state index is -3.07. The molecule has 5 nitrogen and oxygen atoms in total. The molecule has 1 aromatic rings. The fourth-order valence-electron chi connectivity index (χ4n) is 1.12. The van der Waals surface area contributed by atoms with Crippen LogP contribution >= 0.6 is 0 Å². The topological polar surface area (TPSA) is 82.9 Å². The maximum atomic E-state index is 12.5. The van der Waals surface area contributed by atoms with Gasteiger partial charge in [0, 0.05) is 6.07 Å². The van der Waals surface area contributed by atoms with Crippen molar-refractivity contribution in [1.82, 2.24) is 4.98 Å². The highest BCUT2D eigenvalue weighted by atomic mass is 19.3. The number of carbonyl (C=O) groups is 1. The Morgan fingerprint density at radius 3 is 2.69 bits per heavy atom. The van der Waals surface area contributed by atoms with Crippen molar-refractivity contribution in [3.05, 3.63) is 33.2 Å². The van der Waals surface area contributed by atoms with E-state index < -0.39 is 29.1 Å². The number of nitrogens with one attached hydrogen (secondary N) is 1. The first-order valence-electron chi connectivity index (χ1n) is 4.05. The highest BCUT2D eigenvalue weighted by Crippen LogP contribution is 2.19. The van der Waals surface area contributed by atoms with Crippen LogP contribution in [0.3, 0.4) is 0 Å². The molecule has 0 unspecified atom stereocenters. The second-order valence-electron chi connectivity index (χ2n) is 2.74. The van der Waals surface area contributed by atoms with Crippen molar-refractivity contribution in [2.24, 2.45) is 0 Å². The Kier molecular flexibility index (Phi) is 3.35. The Labute approximate surface area is 88.3 Å². The summed E-state index contributed by atoms with van der Waals surface area (Å²) in [6.45, 7) is 0. The third-order valence-corrected chi connectivity index (χ3v) is 1.79. The SMILES string of the molecule is COC(=O)c1c(C(F)F)[nH]c(C#N)cc1=O. The van der Waals surface area contributed by atoms with Crippen LogP contribution < -0.4 is 5.43 Å². The van der Waals surface area contributed by atoms with E-state index in [-0.39, 0.29) is 5.69 Å². The lowest BCUT2D eigenvalue weighted by Gasteiger charge is -2.06. The maximum absolute atomic E-state index is 12.5. The third-order valence-electron chi connectivity index (χ3n) is 1.79. The Balaban J connectivity index is 3.54. The van der Waals surface area contributed by atoms with Crippen molar-refractivity contribution in [3.63, 3.8) is 0 Å². The van der Waals surface area contributed by atoms with Crippen LogP contribution in [-0.2, 0) is 4.74 Å². The number of aromatic nitrogens is 1. The second-order valence-corrected chi connectivity index (χ2v) is 2.74. The van der Waals surface area contributed by atoms with Crippen molar-refractivity contribution in [2.75, 3.05) is 7.11 Å². The summed E-state index contributed by atoms with van der Waals surface area (Å²) in [5.41, 5.74) is -3.00. The molecule has 84 valence electrons. The fraction of sp³-hybridized carbons (Fsp3) is 0.222. The summed E-state index contributed by atoms with van der Waals surface area (Å²) in [5.74, 6) is -1.17. The minimum absolute atomic E-state index is 0.340. The number of aromatic amines is 1. The van der Waals surface area contributed by atoms with E-state index >= 15 is 0 Å². The number of rotatable bonds is 2. The molecule has 0 spiro atoms. The molecular formula is C9H6F2N2O3. The van der Waals surface area contributed by atoms with E-state index in [1.165, 1.54) is 6.07 Å². The number of carbonyl (C=O) groups excluding carboxylic acids is 1. The van der Waals surface area contributed by atoms with Crippen LogP contribution in [0.15, 0.2) is 10.9 Å². The molecule has 1 rings (SSSR count). The zero-order valence-electron chi connectivity index (χ0n) is 8.08. The van der Waals surface area contributed by atoms with Crippen LogP contribution in [0.1, 0.15) is 28.2 Å². The van der Waals surface area contributed by atoms with Gasteiger partial charge in [0.1, 0.15) is 23.0 Å². The number of halogens is 2. The number of hydrogen-bond donors (Lipinski definition) is 1. The number of alkyl halides is 2. The largest absolute Gasteiger partial charge is 0.465 e. The summed E-state index contributed by atoms with van der Waals surface area (Å²) in [4.78, 5) is 24.4. The third kappa shape index (κ3) is 2.06. The number of methoxy groups -OCH3 is 1. The predicted molar refractivity (Wildman–Crippen MR) is 48.1 cm³/mol. The van der Waals surface area contributed by atoms with Gasteiger partial charge in [-0.2, -0.15) is 5.26 Å². The van der Waals surface area contributed by atoms with E-state index in [0.717, 1.165) is 13.2 Å². The van der Waals surface area contributed by atoms with E-state index in [2.05, 4.69) is 4.74 Å². The molecule has 0 fully saturated rings. The van der Waals surface area contributed by atoms with Crippen LogP contribution in [0.4, 0.5) is 8.78 Å². The van der Waals surface area contributed by atoms with Gasteiger partial charge >= 0.3 is 5.97 Å². The molecule has 0 aliphatic rings. The number of esters is 1. The molecule has 16 heavy (non-hydrogen) atoms. The molecule has 0 bridgehead atoms. The van der Waals surface area contributed by atoms with Gasteiger partial charge in [-0.1, -0.05) is 0 Å². The molecule has 0 amide bonds. The summed E-state index contributed by atoms with van der Waals surface area (Å²) in [6.07, 6.45) is -3.07. The maximum Gasteiger partial charge on any atom is 0.343 e. The van der Waals surface area contributed by atoms with Gasteiger partial charge in [0.05, 0.1) is 7.11 Å². The molecule has 0 saturated heterocycles. The fourth-order valence-corrected chi connectivity index (χ4v) is 1.12. The van der Waals surface area contributed by atoms with Gasteiger partial charge in [0.25, 0.3) is 6.43 Å². The highest BCUT2D eigenvalue weighted by molar-refractivity contribution is 5.90. The van der Waals surface area contributed by atoms with E-state index in [0.29, 0.717) is 0 Å². The van der Waals surface area contributed by atoms with Crippen molar-refractivity contribution >= 4 is 5.97 Å². The molecule has 0 aliphatic carbocycles. The predicted octanol–water partition coefficient (Wildman–Crippen LogP) is 0.971. The van der Waals surface area contributed by atoms with E-state index in [1.807, 2.05) is 4.98 Å². The van der Waals surface area contributed by atoms with E-state index in [4.69, 9.17) is 5.26 Å². The molecular weight excluding hydrogens is 222 g/mol. The Morgan fingerprint density at radius 2 is 2.25 bits per heavy atom. The molecule has 1 N–H and O–H groups in total. The average molecular weight is 228 g/mol. The van der Waals surface area contributed by atoms with Crippen molar-refractivity contribution in [2.45, 2.75) is 6.43 Å². The van der Waals surface area contributed by atoms with E-state index in [9.17, 15) is 18.4 Å². The van der Waals surface area contributed by atoms with Crippen LogP contribution in [0.25, 0.3) is 0 Å². The molecule has 0 radical (unpaired) electrons. The van der Waals surface area contributed by atoms with Crippen LogP contribution in [0.5, 0.6) is 0 Å². The molecule has 1 aromatic heterocycles. The normalized spacial score (nSPS) is 9.94. The van der Waals surface area contributed by atoms with Gasteiger partial charge < -0.3 is 9.72 Å².